The molecule has 3 aromatic heterocycles. The zero-order chi connectivity index (χ0) is 15.8. The Balaban J connectivity index is 1.74. The number of rotatable bonds is 3. The van der Waals surface area contributed by atoms with E-state index < -0.39 is 0 Å². The van der Waals surface area contributed by atoms with E-state index in [0.717, 1.165) is 32.5 Å². The molecule has 3 heterocycles. The van der Waals surface area contributed by atoms with Gasteiger partial charge >= 0.3 is 0 Å². The molecule has 0 aliphatic rings. The van der Waals surface area contributed by atoms with Crippen molar-refractivity contribution in [3.05, 3.63) is 65.2 Å². The van der Waals surface area contributed by atoms with Crippen molar-refractivity contribution in [2.45, 2.75) is 13.0 Å². The average Bonchev–Trinajstić information content (AvgIpc) is 2.99. The molecule has 0 radical (unpaired) electrons. The fourth-order valence-electron chi connectivity index (χ4n) is 2.70. The highest BCUT2D eigenvalue weighted by Gasteiger charge is 2.14. The van der Waals surface area contributed by atoms with E-state index in [1.54, 1.807) is 0 Å². The van der Waals surface area contributed by atoms with Gasteiger partial charge in [0.2, 0.25) is 0 Å². The Labute approximate surface area is 141 Å². The van der Waals surface area contributed by atoms with E-state index in [9.17, 15) is 0 Å². The monoisotopic (exact) mass is 367 g/mol. The van der Waals surface area contributed by atoms with Crippen LogP contribution in [0.1, 0.15) is 18.8 Å². The van der Waals surface area contributed by atoms with Gasteiger partial charge in [0.05, 0.1) is 11.6 Å². The first-order chi connectivity index (χ1) is 11.2. The maximum atomic E-state index is 4.41. The van der Waals surface area contributed by atoms with E-state index in [-0.39, 0.29) is 6.04 Å². The van der Waals surface area contributed by atoms with Crippen LogP contribution in [0.3, 0.4) is 0 Å². The van der Waals surface area contributed by atoms with E-state index >= 15 is 0 Å². The summed E-state index contributed by atoms with van der Waals surface area (Å²) in [7, 11) is 0. The van der Waals surface area contributed by atoms with E-state index in [2.05, 4.69) is 49.4 Å². The molecule has 4 aromatic rings. The first kappa shape index (κ1) is 14.1. The Morgan fingerprint density at radius 3 is 2.96 bits per heavy atom. The lowest BCUT2D eigenvalue weighted by molar-refractivity contribution is 0.774. The predicted molar refractivity (Wildman–Crippen MR) is 94.5 cm³/mol. The minimum Gasteiger partial charge on any atom is -0.375 e. The molecule has 5 nitrogen and oxygen atoms in total. The molecule has 1 aromatic carbocycles. The zero-order valence-corrected chi connectivity index (χ0v) is 14.0. The Bertz CT molecular complexity index is 995. The van der Waals surface area contributed by atoms with Crippen LogP contribution < -0.4 is 5.32 Å². The molecule has 1 unspecified atom stereocenters. The van der Waals surface area contributed by atoms with Crippen molar-refractivity contribution < 1.29 is 0 Å². The Morgan fingerprint density at radius 2 is 2.04 bits per heavy atom. The summed E-state index contributed by atoms with van der Waals surface area (Å²) in [5.74, 6) is 0.876. The van der Waals surface area contributed by atoms with E-state index in [1.807, 2.05) is 53.2 Å². The lowest BCUT2D eigenvalue weighted by Gasteiger charge is -2.15. The second-order valence-corrected chi connectivity index (χ2v) is 6.29. The molecule has 0 saturated carbocycles. The Hall–Kier alpha value is -2.47. The van der Waals surface area contributed by atoms with Gasteiger partial charge in [-0.2, -0.15) is 0 Å². The summed E-state index contributed by atoms with van der Waals surface area (Å²) >= 11 is 3.52. The van der Waals surface area contributed by atoms with Gasteiger partial charge in [0.15, 0.2) is 11.5 Å². The number of halogens is 1. The third-order valence-electron chi connectivity index (χ3n) is 3.80. The number of pyridine rings is 2. The summed E-state index contributed by atoms with van der Waals surface area (Å²) in [6.07, 6.45) is 3.79. The minimum atomic E-state index is 0.0111. The van der Waals surface area contributed by atoms with Gasteiger partial charge in [0.25, 0.3) is 0 Å². The van der Waals surface area contributed by atoms with Crippen LogP contribution in [0.2, 0.25) is 0 Å². The van der Waals surface area contributed by atoms with Crippen LogP contribution in [-0.4, -0.2) is 19.6 Å². The summed E-state index contributed by atoms with van der Waals surface area (Å²) in [6, 6.07) is 13.9. The second kappa shape index (κ2) is 5.62. The molecule has 0 aliphatic heterocycles. The smallest absolute Gasteiger partial charge is 0.160 e. The van der Waals surface area contributed by atoms with Crippen molar-refractivity contribution in [3.63, 3.8) is 0 Å². The van der Waals surface area contributed by atoms with Crippen LogP contribution in [0.15, 0.2) is 59.3 Å². The number of hydrogen-bond donors (Lipinski definition) is 1. The molecule has 4 rings (SSSR count). The molecular weight excluding hydrogens is 354 g/mol. The highest BCUT2D eigenvalue weighted by Crippen LogP contribution is 2.27. The van der Waals surface area contributed by atoms with Crippen molar-refractivity contribution in [2.24, 2.45) is 0 Å². The number of nitrogens with zero attached hydrogens (tertiary/aromatic N) is 4. The fraction of sp³-hybridized carbons (Fsp3) is 0.118. The largest absolute Gasteiger partial charge is 0.375 e. The number of fused-ring (bicyclic) bond motifs is 2. The van der Waals surface area contributed by atoms with Crippen molar-refractivity contribution >= 4 is 38.2 Å². The first-order valence-corrected chi connectivity index (χ1v) is 8.12. The molecule has 0 amide bonds. The number of aromatic nitrogens is 4. The molecule has 0 bridgehead atoms. The third-order valence-corrected chi connectivity index (χ3v) is 4.30. The summed E-state index contributed by atoms with van der Waals surface area (Å²) in [4.78, 5) is 4.41. The average molecular weight is 368 g/mol. The minimum absolute atomic E-state index is 0.0111. The molecule has 1 atom stereocenters. The molecular formula is C17H14BrN5. The SMILES string of the molecule is CC(Nc1ccnc2ccc(Br)cc12)c1nnc2ccccn12. The van der Waals surface area contributed by atoms with Crippen LogP contribution in [-0.2, 0) is 0 Å². The first-order valence-electron chi connectivity index (χ1n) is 7.33. The summed E-state index contributed by atoms with van der Waals surface area (Å²) in [5.41, 5.74) is 2.83. The summed E-state index contributed by atoms with van der Waals surface area (Å²) in [5, 5.41) is 13.1. The predicted octanol–water partition coefficient (Wildman–Crippen LogP) is 4.21. The van der Waals surface area contributed by atoms with Crippen LogP contribution in [0.25, 0.3) is 16.6 Å². The van der Waals surface area contributed by atoms with E-state index in [4.69, 9.17) is 0 Å². The lowest BCUT2D eigenvalue weighted by Crippen LogP contribution is -2.11. The van der Waals surface area contributed by atoms with Gasteiger partial charge in [-0.3, -0.25) is 9.38 Å². The molecule has 6 heteroatoms. The van der Waals surface area contributed by atoms with Crippen LogP contribution in [0, 0.1) is 0 Å². The maximum Gasteiger partial charge on any atom is 0.160 e. The molecule has 0 spiro atoms. The molecule has 114 valence electrons. The third kappa shape index (κ3) is 2.55. The summed E-state index contributed by atoms with van der Waals surface area (Å²) in [6.45, 7) is 2.08. The highest BCUT2D eigenvalue weighted by atomic mass is 79.9. The Kier molecular flexibility index (Phi) is 3.46. The summed E-state index contributed by atoms with van der Waals surface area (Å²) < 4.78 is 3.03. The molecule has 0 saturated heterocycles. The van der Waals surface area contributed by atoms with Gasteiger partial charge < -0.3 is 5.32 Å². The van der Waals surface area contributed by atoms with Crippen molar-refractivity contribution in [3.8, 4) is 0 Å². The van der Waals surface area contributed by atoms with Gasteiger partial charge in [0, 0.05) is 27.9 Å². The van der Waals surface area contributed by atoms with Crippen LogP contribution in [0.4, 0.5) is 5.69 Å². The van der Waals surface area contributed by atoms with Crippen LogP contribution >= 0.6 is 15.9 Å². The molecule has 23 heavy (non-hydrogen) atoms. The van der Waals surface area contributed by atoms with E-state index in [1.165, 1.54) is 0 Å². The van der Waals surface area contributed by atoms with E-state index in [0.29, 0.717) is 0 Å². The van der Waals surface area contributed by atoms with Crippen molar-refractivity contribution in [1.29, 1.82) is 0 Å². The quantitative estimate of drug-likeness (QED) is 0.589. The number of hydrogen-bond acceptors (Lipinski definition) is 4. The number of anilines is 1. The maximum absolute atomic E-state index is 4.41. The normalized spacial score (nSPS) is 12.6. The van der Waals surface area contributed by atoms with Crippen LogP contribution in [0.5, 0.6) is 0 Å². The van der Waals surface area contributed by atoms with Gasteiger partial charge in [-0.25, -0.2) is 0 Å². The lowest BCUT2D eigenvalue weighted by atomic mass is 10.1. The fourth-order valence-corrected chi connectivity index (χ4v) is 3.06. The Morgan fingerprint density at radius 1 is 1.13 bits per heavy atom. The highest BCUT2D eigenvalue weighted by molar-refractivity contribution is 9.10. The van der Waals surface area contributed by atoms with Gasteiger partial charge in [-0.15, -0.1) is 10.2 Å². The molecule has 0 aliphatic carbocycles. The van der Waals surface area contributed by atoms with Gasteiger partial charge in [-0.1, -0.05) is 22.0 Å². The standard InChI is InChI=1S/C17H14BrN5/c1-11(17-22-21-16-4-2-3-9-23(16)17)20-15-7-8-19-14-6-5-12(18)10-13(14)15/h2-11H,1H3,(H,19,20). The van der Waals surface area contributed by atoms with Gasteiger partial charge in [0.1, 0.15) is 0 Å². The number of benzene rings is 1. The van der Waals surface area contributed by atoms with Crippen molar-refractivity contribution in [2.75, 3.05) is 5.32 Å². The second-order valence-electron chi connectivity index (χ2n) is 5.37. The topological polar surface area (TPSA) is 55.1 Å². The molecule has 0 fully saturated rings. The molecule has 1 N–H and O–H groups in total. The zero-order valence-electron chi connectivity index (χ0n) is 12.4. The van der Waals surface area contributed by atoms with Crippen molar-refractivity contribution in [1.82, 2.24) is 19.6 Å². The van der Waals surface area contributed by atoms with Gasteiger partial charge in [-0.05, 0) is 43.3 Å². The number of nitrogens with one attached hydrogen (secondary N) is 1.